The first-order chi connectivity index (χ1) is 12.0. The van der Waals surface area contributed by atoms with Gasteiger partial charge in [-0.3, -0.25) is 9.59 Å². The second kappa shape index (κ2) is 8.58. The Morgan fingerprint density at radius 3 is 1.96 bits per heavy atom. The summed E-state index contributed by atoms with van der Waals surface area (Å²) in [6.07, 6.45) is 0. The zero-order valence-corrected chi connectivity index (χ0v) is 14.0. The molecule has 2 aromatic carbocycles. The second-order valence-electron chi connectivity index (χ2n) is 5.16. The summed E-state index contributed by atoms with van der Waals surface area (Å²) < 4.78 is 10.3. The van der Waals surface area contributed by atoms with Gasteiger partial charge in [0.1, 0.15) is 17.2 Å². The summed E-state index contributed by atoms with van der Waals surface area (Å²) in [6, 6.07) is 10.9. The van der Waals surface area contributed by atoms with E-state index < -0.39 is 0 Å². The van der Waals surface area contributed by atoms with Crippen LogP contribution in [0.25, 0.3) is 0 Å². The average Bonchev–Trinajstić information content (AvgIpc) is 2.64. The Bertz CT molecular complexity index is 739. The topological polar surface area (TPSA) is 96.9 Å². The molecule has 0 atom stereocenters. The van der Waals surface area contributed by atoms with E-state index in [4.69, 9.17) is 9.47 Å². The number of carbonyl (C=O) groups excluding carboxylic acids is 2. The van der Waals surface area contributed by atoms with Gasteiger partial charge in [-0.15, -0.1) is 0 Å². The third kappa shape index (κ3) is 5.13. The van der Waals surface area contributed by atoms with E-state index in [2.05, 4.69) is 10.6 Å². The molecule has 0 saturated heterocycles. The van der Waals surface area contributed by atoms with Crippen molar-refractivity contribution in [2.75, 3.05) is 27.3 Å². The Kier molecular flexibility index (Phi) is 6.22. The maximum absolute atomic E-state index is 12.2. The Hall–Kier alpha value is -3.22. The highest BCUT2D eigenvalue weighted by molar-refractivity contribution is 5.95. The minimum atomic E-state index is -0.326. The van der Waals surface area contributed by atoms with Crippen molar-refractivity contribution in [3.63, 3.8) is 0 Å². The van der Waals surface area contributed by atoms with Gasteiger partial charge in [0.2, 0.25) is 0 Å². The fourth-order valence-corrected chi connectivity index (χ4v) is 2.14. The van der Waals surface area contributed by atoms with E-state index in [0.29, 0.717) is 22.6 Å². The van der Waals surface area contributed by atoms with Gasteiger partial charge in [-0.25, -0.2) is 0 Å². The molecule has 3 N–H and O–H groups in total. The Morgan fingerprint density at radius 2 is 1.44 bits per heavy atom. The van der Waals surface area contributed by atoms with E-state index in [1.807, 2.05) is 0 Å². The first-order valence-corrected chi connectivity index (χ1v) is 7.62. The number of nitrogens with one attached hydrogen (secondary N) is 2. The Labute approximate surface area is 145 Å². The van der Waals surface area contributed by atoms with Gasteiger partial charge in [0.25, 0.3) is 11.8 Å². The van der Waals surface area contributed by atoms with Crippen LogP contribution in [0.3, 0.4) is 0 Å². The molecule has 2 aromatic rings. The summed E-state index contributed by atoms with van der Waals surface area (Å²) in [5, 5.41) is 14.7. The SMILES string of the molecule is COc1cc(OC)cc(C(=O)NCCNC(=O)c2cccc(O)c2)c1. The number of phenols is 1. The number of carbonyl (C=O) groups is 2. The molecule has 0 aliphatic heterocycles. The molecule has 0 aromatic heterocycles. The van der Waals surface area contributed by atoms with Gasteiger partial charge >= 0.3 is 0 Å². The molecule has 0 aliphatic rings. The van der Waals surface area contributed by atoms with Crippen LogP contribution >= 0.6 is 0 Å². The maximum Gasteiger partial charge on any atom is 0.251 e. The van der Waals surface area contributed by atoms with Crippen LogP contribution in [-0.4, -0.2) is 44.2 Å². The summed E-state index contributed by atoms with van der Waals surface area (Å²) in [5.74, 6) is 0.424. The molecular formula is C18H20N2O5. The third-order valence-electron chi connectivity index (χ3n) is 3.42. The molecule has 7 heteroatoms. The normalized spacial score (nSPS) is 10.0. The lowest BCUT2D eigenvalue weighted by Gasteiger charge is -2.10. The van der Waals surface area contributed by atoms with Crippen molar-refractivity contribution in [3.8, 4) is 17.2 Å². The average molecular weight is 344 g/mol. The van der Waals surface area contributed by atoms with Gasteiger partial charge in [0, 0.05) is 30.3 Å². The first-order valence-electron chi connectivity index (χ1n) is 7.62. The quantitative estimate of drug-likeness (QED) is 0.663. The molecule has 0 unspecified atom stereocenters. The zero-order valence-electron chi connectivity index (χ0n) is 14.0. The highest BCUT2D eigenvalue weighted by Crippen LogP contribution is 2.22. The largest absolute Gasteiger partial charge is 0.508 e. The van der Waals surface area contributed by atoms with Crippen LogP contribution in [0.5, 0.6) is 17.2 Å². The van der Waals surface area contributed by atoms with Crippen LogP contribution < -0.4 is 20.1 Å². The monoisotopic (exact) mass is 344 g/mol. The smallest absolute Gasteiger partial charge is 0.251 e. The number of rotatable bonds is 7. The van der Waals surface area contributed by atoms with Crippen LogP contribution in [0.2, 0.25) is 0 Å². The summed E-state index contributed by atoms with van der Waals surface area (Å²) >= 11 is 0. The van der Waals surface area contributed by atoms with Crippen molar-refractivity contribution >= 4 is 11.8 Å². The number of methoxy groups -OCH3 is 2. The van der Waals surface area contributed by atoms with E-state index in [1.165, 1.54) is 26.4 Å². The van der Waals surface area contributed by atoms with E-state index in [0.717, 1.165) is 0 Å². The summed E-state index contributed by atoms with van der Waals surface area (Å²) in [6.45, 7) is 0.504. The maximum atomic E-state index is 12.2. The molecule has 0 aliphatic carbocycles. The number of hydrogen-bond acceptors (Lipinski definition) is 5. The number of hydrogen-bond donors (Lipinski definition) is 3. The van der Waals surface area contributed by atoms with Gasteiger partial charge < -0.3 is 25.2 Å². The minimum Gasteiger partial charge on any atom is -0.508 e. The highest BCUT2D eigenvalue weighted by atomic mass is 16.5. The van der Waals surface area contributed by atoms with Gasteiger partial charge in [-0.1, -0.05) is 6.07 Å². The summed E-state index contributed by atoms with van der Waals surface area (Å²) in [7, 11) is 3.01. The van der Waals surface area contributed by atoms with Crippen LogP contribution in [0, 0.1) is 0 Å². The Morgan fingerprint density at radius 1 is 0.880 bits per heavy atom. The van der Waals surface area contributed by atoms with Crippen molar-refractivity contribution in [2.24, 2.45) is 0 Å². The molecular weight excluding hydrogens is 324 g/mol. The van der Waals surface area contributed by atoms with E-state index >= 15 is 0 Å². The van der Waals surface area contributed by atoms with E-state index in [1.54, 1.807) is 30.3 Å². The molecule has 25 heavy (non-hydrogen) atoms. The predicted molar refractivity (Wildman–Crippen MR) is 92.3 cm³/mol. The van der Waals surface area contributed by atoms with Gasteiger partial charge in [-0.2, -0.15) is 0 Å². The van der Waals surface area contributed by atoms with Gasteiger partial charge in [0.05, 0.1) is 14.2 Å². The molecule has 0 radical (unpaired) electrons. The zero-order chi connectivity index (χ0) is 18.2. The molecule has 2 rings (SSSR count). The standard InChI is InChI=1S/C18H20N2O5/c1-24-15-9-13(10-16(11-15)25-2)18(23)20-7-6-19-17(22)12-4-3-5-14(21)8-12/h3-5,8-11,21H,6-7H2,1-2H3,(H,19,22)(H,20,23). The number of amides is 2. The lowest BCUT2D eigenvalue weighted by molar-refractivity contribution is 0.0927. The van der Waals surface area contributed by atoms with Crippen LogP contribution in [0.4, 0.5) is 0 Å². The number of phenolic OH excluding ortho intramolecular Hbond substituents is 1. The fourth-order valence-electron chi connectivity index (χ4n) is 2.14. The first kappa shape index (κ1) is 18.1. The minimum absolute atomic E-state index is 0.0212. The lowest BCUT2D eigenvalue weighted by atomic mass is 10.2. The summed E-state index contributed by atoms with van der Waals surface area (Å²) in [4.78, 5) is 24.1. The van der Waals surface area contributed by atoms with Crippen molar-refractivity contribution < 1.29 is 24.2 Å². The van der Waals surface area contributed by atoms with E-state index in [9.17, 15) is 14.7 Å². The molecule has 0 heterocycles. The van der Waals surface area contributed by atoms with Crippen molar-refractivity contribution in [1.29, 1.82) is 0 Å². The van der Waals surface area contributed by atoms with Crippen LogP contribution in [0.15, 0.2) is 42.5 Å². The number of aromatic hydroxyl groups is 1. The molecule has 0 bridgehead atoms. The highest BCUT2D eigenvalue weighted by Gasteiger charge is 2.10. The van der Waals surface area contributed by atoms with Crippen LogP contribution in [-0.2, 0) is 0 Å². The number of ether oxygens (including phenoxy) is 2. The van der Waals surface area contributed by atoms with Crippen LogP contribution in [0.1, 0.15) is 20.7 Å². The molecule has 132 valence electrons. The molecule has 2 amide bonds. The molecule has 7 nitrogen and oxygen atoms in total. The van der Waals surface area contributed by atoms with E-state index in [-0.39, 0.29) is 30.7 Å². The van der Waals surface area contributed by atoms with Crippen molar-refractivity contribution in [1.82, 2.24) is 10.6 Å². The van der Waals surface area contributed by atoms with Gasteiger partial charge in [0.15, 0.2) is 0 Å². The predicted octanol–water partition coefficient (Wildman–Crippen LogP) is 1.57. The third-order valence-corrected chi connectivity index (χ3v) is 3.42. The Balaban J connectivity index is 1.85. The second-order valence-corrected chi connectivity index (χ2v) is 5.16. The van der Waals surface area contributed by atoms with Gasteiger partial charge in [-0.05, 0) is 30.3 Å². The van der Waals surface area contributed by atoms with Crippen molar-refractivity contribution in [3.05, 3.63) is 53.6 Å². The molecule has 0 saturated carbocycles. The number of benzene rings is 2. The lowest BCUT2D eigenvalue weighted by Crippen LogP contribution is -2.34. The fraction of sp³-hybridized carbons (Fsp3) is 0.222. The molecule has 0 fully saturated rings. The summed E-state index contributed by atoms with van der Waals surface area (Å²) in [5.41, 5.74) is 0.749. The molecule has 0 spiro atoms. The van der Waals surface area contributed by atoms with Crippen molar-refractivity contribution in [2.45, 2.75) is 0 Å².